The van der Waals surface area contributed by atoms with E-state index in [-0.39, 0.29) is 48.7 Å². The van der Waals surface area contributed by atoms with Crippen molar-refractivity contribution in [3.63, 3.8) is 0 Å². The highest BCUT2D eigenvalue weighted by molar-refractivity contribution is 5.93. The molecule has 0 aliphatic rings. The third-order valence-corrected chi connectivity index (χ3v) is 3.40. The van der Waals surface area contributed by atoms with Gasteiger partial charge in [0.25, 0.3) is 0 Å². The van der Waals surface area contributed by atoms with Crippen LogP contribution in [0.1, 0.15) is 54.3 Å². The van der Waals surface area contributed by atoms with Gasteiger partial charge in [0.2, 0.25) is 0 Å². The molecule has 12 nitrogen and oxygen atoms in total. The summed E-state index contributed by atoms with van der Waals surface area (Å²) < 4.78 is 0. The number of carboxylic acids is 4. The van der Waals surface area contributed by atoms with Gasteiger partial charge >= 0.3 is 23.9 Å². The molecule has 2 aromatic rings. The predicted molar refractivity (Wildman–Crippen MR) is 118 cm³/mol. The molecule has 0 aliphatic heterocycles. The van der Waals surface area contributed by atoms with Gasteiger partial charge in [-0.1, -0.05) is 6.07 Å². The van der Waals surface area contributed by atoms with Crippen LogP contribution in [0.4, 0.5) is 0 Å². The Hall–Kier alpha value is -3.84. The summed E-state index contributed by atoms with van der Waals surface area (Å²) in [4.78, 5) is 41.4. The second-order valence-electron chi connectivity index (χ2n) is 5.98. The van der Waals surface area contributed by atoms with Crippen molar-refractivity contribution in [1.29, 1.82) is 0 Å². The number of unbranched alkanes of at least 4 members (excludes halogenated alkanes) is 1. The summed E-state index contributed by atoms with van der Waals surface area (Å²) in [6.07, 6.45) is 1.44. The highest BCUT2D eigenvalue weighted by Crippen LogP contribution is 2.05. The normalized spacial score (nSPS) is 9.06. The lowest BCUT2D eigenvalue weighted by atomic mass is 10.1. The minimum absolute atomic E-state index is 0.0186. The molecule has 8 N–H and O–H groups in total. The number of aliphatic hydroxyl groups is 4. The maximum Gasteiger partial charge on any atom is 0.335 e. The molecular formula is C22H28O12. The first-order valence-corrected chi connectivity index (χ1v) is 9.62. The van der Waals surface area contributed by atoms with Gasteiger partial charge in [-0.25, -0.2) is 19.2 Å². The zero-order chi connectivity index (χ0) is 26.5. The molecule has 0 saturated carbocycles. The van der Waals surface area contributed by atoms with Gasteiger partial charge in [0, 0.05) is 13.2 Å². The van der Waals surface area contributed by atoms with Crippen LogP contribution in [0, 0.1) is 0 Å². The van der Waals surface area contributed by atoms with Crippen LogP contribution >= 0.6 is 0 Å². The van der Waals surface area contributed by atoms with Crippen LogP contribution in [0.15, 0.2) is 48.5 Å². The molecule has 0 unspecified atom stereocenters. The van der Waals surface area contributed by atoms with E-state index in [0.717, 1.165) is 18.9 Å². The van der Waals surface area contributed by atoms with E-state index in [1.54, 1.807) is 0 Å². The summed E-state index contributed by atoms with van der Waals surface area (Å²) in [5, 5.41) is 65.4. The minimum Gasteiger partial charge on any atom is -0.478 e. The van der Waals surface area contributed by atoms with Crippen molar-refractivity contribution in [2.75, 3.05) is 26.4 Å². The highest BCUT2D eigenvalue weighted by Gasteiger charge is 2.07. The summed E-state index contributed by atoms with van der Waals surface area (Å²) in [6.45, 7) is 0.140. The molecule has 0 aromatic heterocycles. The van der Waals surface area contributed by atoms with Gasteiger partial charge in [0.1, 0.15) is 0 Å². The third kappa shape index (κ3) is 15.9. The van der Waals surface area contributed by atoms with E-state index >= 15 is 0 Å². The van der Waals surface area contributed by atoms with Crippen LogP contribution in [0.2, 0.25) is 0 Å². The monoisotopic (exact) mass is 484 g/mol. The minimum atomic E-state index is -1.13. The van der Waals surface area contributed by atoms with E-state index in [1.165, 1.54) is 42.5 Å². The summed E-state index contributed by atoms with van der Waals surface area (Å²) in [5.74, 6) is -4.38. The molecule has 0 aliphatic carbocycles. The Kier molecular flexibility index (Phi) is 18.8. The fourth-order valence-corrected chi connectivity index (χ4v) is 1.76. The Bertz CT molecular complexity index is 809. The average molecular weight is 484 g/mol. The van der Waals surface area contributed by atoms with Crippen molar-refractivity contribution in [2.45, 2.75) is 12.8 Å². The van der Waals surface area contributed by atoms with Crippen molar-refractivity contribution in [2.24, 2.45) is 0 Å². The van der Waals surface area contributed by atoms with E-state index < -0.39 is 23.9 Å². The lowest BCUT2D eigenvalue weighted by molar-refractivity contribution is 0.0681. The summed E-state index contributed by atoms with van der Waals surface area (Å²) in [6, 6.07) is 10.2. The topological polar surface area (TPSA) is 230 Å². The molecule has 0 heterocycles. The van der Waals surface area contributed by atoms with E-state index in [2.05, 4.69) is 0 Å². The number of carboxylic acid groups (broad SMARTS) is 4. The van der Waals surface area contributed by atoms with Crippen LogP contribution < -0.4 is 0 Å². The van der Waals surface area contributed by atoms with Crippen LogP contribution in [-0.2, 0) is 0 Å². The zero-order valence-corrected chi connectivity index (χ0v) is 18.1. The largest absolute Gasteiger partial charge is 0.478 e. The van der Waals surface area contributed by atoms with Crippen molar-refractivity contribution in [1.82, 2.24) is 0 Å². The fraction of sp³-hybridized carbons (Fsp3) is 0.273. The first kappa shape index (κ1) is 32.3. The molecule has 0 bridgehead atoms. The maximum absolute atomic E-state index is 10.4. The first-order valence-electron chi connectivity index (χ1n) is 9.62. The molecule has 34 heavy (non-hydrogen) atoms. The van der Waals surface area contributed by atoms with Crippen LogP contribution in [0.25, 0.3) is 0 Å². The smallest absolute Gasteiger partial charge is 0.335 e. The number of benzene rings is 2. The molecule has 2 aromatic carbocycles. The molecule has 0 radical (unpaired) electrons. The molecule has 0 saturated heterocycles. The van der Waals surface area contributed by atoms with E-state index in [0.29, 0.717) is 0 Å². The second kappa shape index (κ2) is 19.8. The Balaban J connectivity index is 0. The summed E-state index contributed by atoms with van der Waals surface area (Å²) >= 11 is 0. The number of carbonyl (C=O) groups is 4. The Morgan fingerprint density at radius 2 is 0.765 bits per heavy atom. The van der Waals surface area contributed by atoms with Gasteiger partial charge in [-0.05, 0) is 55.3 Å². The summed E-state index contributed by atoms with van der Waals surface area (Å²) in [5.41, 5.74) is 0.129. The molecule has 0 amide bonds. The fourth-order valence-electron chi connectivity index (χ4n) is 1.76. The first-order chi connectivity index (χ1) is 16.0. The molecule has 0 atom stereocenters. The van der Waals surface area contributed by atoms with Crippen molar-refractivity contribution in [3.05, 3.63) is 70.8 Å². The Labute approximate surface area is 194 Å². The second-order valence-corrected chi connectivity index (χ2v) is 5.98. The predicted octanol–water partition coefficient (Wildman–Crippen LogP) is 0.888. The average Bonchev–Trinajstić information content (AvgIpc) is 2.83. The molecule has 0 spiro atoms. The zero-order valence-electron chi connectivity index (χ0n) is 18.1. The molecule has 12 heteroatoms. The van der Waals surface area contributed by atoms with Gasteiger partial charge in [-0.3, -0.25) is 0 Å². The van der Waals surface area contributed by atoms with Crippen LogP contribution in [0.5, 0.6) is 0 Å². The molecule has 188 valence electrons. The van der Waals surface area contributed by atoms with Gasteiger partial charge < -0.3 is 40.9 Å². The number of hydrogen-bond acceptors (Lipinski definition) is 8. The number of aromatic carboxylic acids is 4. The lowest BCUT2D eigenvalue weighted by Gasteiger charge is -1.95. The van der Waals surface area contributed by atoms with E-state index in [1.807, 2.05) is 0 Å². The van der Waals surface area contributed by atoms with Crippen molar-refractivity contribution >= 4 is 23.9 Å². The Morgan fingerprint density at radius 1 is 0.471 bits per heavy atom. The highest BCUT2D eigenvalue weighted by atomic mass is 16.4. The standard InChI is InChI=1S/2C8H6O4.C4H10O2.C2H6O2/c9-7(10)5-1-2-6(4-3-5)8(11)12;9-7(10)5-2-1-3-6(4-5)8(11)12;5-3-1-2-4-6;3-1-2-4/h2*1-4H,(H,9,10)(H,11,12);5-6H,1-4H2;3-4H,1-2H2. The number of hydrogen-bond donors (Lipinski definition) is 8. The van der Waals surface area contributed by atoms with Crippen LogP contribution in [-0.4, -0.2) is 91.2 Å². The van der Waals surface area contributed by atoms with Gasteiger partial charge in [0.05, 0.1) is 35.5 Å². The van der Waals surface area contributed by atoms with Gasteiger partial charge in [-0.15, -0.1) is 0 Å². The SMILES string of the molecule is O=C(O)c1ccc(C(=O)O)cc1.O=C(O)c1cccc(C(=O)O)c1.OCCCCO.OCCO. The number of rotatable bonds is 8. The van der Waals surface area contributed by atoms with Crippen LogP contribution in [0.3, 0.4) is 0 Å². The number of aliphatic hydroxyl groups excluding tert-OH is 4. The maximum atomic E-state index is 10.4. The molecule has 2 rings (SSSR count). The van der Waals surface area contributed by atoms with Gasteiger partial charge in [0.15, 0.2) is 0 Å². The molecular weight excluding hydrogens is 456 g/mol. The molecule has 0 fully saturated rings. The third-order valence-electron chi connectivity index (χ3n) is 3.40. The van der Waals surface area contributed by atoms with Crippen molar-refractivity contribution < 1.29 is 60.0 Å². The van der Waals surface area contributed by atoms with E-state index in [9.17, 15) is 19.2 Å². The quantitative estimate of drug-likeness (QED) is 0.244. The van der Waals surface area contributed by atoms with Gasteiger partial charge in [-0.2, -0.15) is 0 Å². The summed E-state index contributed by atoms with van der Waals surface area (Å²) in [7, 11) is 0. The van der Waals surface area contributed by atoms with Crippen molar-refractivity contribution in [3.8, 4) is 0 Å². The Morgan fingerprint density at radius 3 is 0.971 bits per heavy atom. The lowest BCUT2D eigenvalue weighted by Crippen LogP contribution is -2.01. The van der Waals surface area contributed by atoms with E-state index in [4.69, 9.17) is 40.9 Å².